The SMILES string of the molecule is C[C@H]1CN(CC23CC[C@@H](c4cc(-c5c(F)cccc5F)nnc42)C3(C)C)C(=O)O1. The summed E-state index contributed by atoms with van der Waals surface area (Å²) in [6.45, 7) is 7.36. The molecule has 0 radical (unpaired) electrons. The first-order chi connectivity index (χ1) is 13.7. The summed E-state index contributed by atoms with van der Waals surface area (Å²) in [4.78, 5) is 14.0. The number of benzene rings is 1. The molecule has 0 N–H and O–H groups in total. The lowest BCUT2D eigenvalue weighted by Gasteiger charge is -2.40. The molecule has 5 rings (SSSR count). The summed E-state index contributed by atoms with van der Waals surface area (Å²) in [7, 11) is 0. The lowest BCUT2D eigenvalue weighted by atomic mass is 9.68. The van der Waals surface area contributed by atoms with Crippen LogP contribution in [0.3, 0.4) is 0 Å². The van der Waals surface area contributed by atoms with Crippen LogP contribution in [0.4, 0.5) is 13.6 Å². The van der Waals surface area contributed by atoms with Crippen molar-refractivity contribution in [2.24, 2.45) is 5.41 Å². The molecule has 3 atom stereocenters. The van der Waals surface area contributed by atoms with Gasteiger partial charge in [0.25, 0.3) is 0 Å². The maximum Gasteiger partial charge on any atom is 0.410 e. The molecule has 3 aliphatic rings. The number of aromatic nitrogens is 2. The highest BCUT2D eigenvalue weighted by molar-refractivity contribution is 5.70. The zero-order chi connectivity index (χ0) is 20.6. The Morgan fingerprint density at radius 2 is 1.97 bits per heavy atom. The molecule has 1 unspecified atom stereocenters. The van der Waals surface area contributed by atoms with Crippen LogP contribution in [0, 0.1) is 17.0 Å². The summed E-state index contributed by atoms with van der Waals surface area (Å²) in [5.74, 6) is -1.09. The molecular weight excluding hydrogens is 376 g/mol. The Balaban J connectivity index is 1.60. The molecule has 1 saturated heterocycles. The highest BCUT2D eigenvalue weighted by Gasteiger charge is 2.64. The molecular formula is C22H23F2N3O2. The van der Waals surface area contributed by atoms with Crippen LogP contribution in [0.5, 0.6) is 0 Å². The Bertz CT molecular complexity index is 1000. The fourth-order valence-electron chi connectivity index (χ4n) is 5.76. The molecule has 2 aromatic rings. The van der Waals surface area contributed by atoms with Gasteiger partial charge in [-0.05, 0) is 54.9 Å². The van der Waals surface area contributed by atoms with Gasteiger partial charge in [0.15, 0.2) is 0 Å². The molecule has 1 saturated carbocycles. The second-order valence-corrected chi connectivity index (χ2v) is 9.10. The van der Waals surface area contributed by atoms with E-state index in [0.717, 1.165) is 24.1 Å². The predicted octanol–water partition coefficient (Wildman–Crippen LogP) is 4.42. The molecule has 2 aliphatic carbocycles. The number of amides is 1. The number of nitrogens with zero attached hydrogens (tertiary/aromatic N) is 3. The Kier molecular flexibility index (Phi) is 3.80. The highest BCUT2D eigenvalue weighted by Crippen LogP contribution is 2.67. The normalized spacial score (nSPS) is 29.3. The monoisotopic (exact) mass is 399 g/mol. The number of fused-ring (bicyclic) bond motifs is 5. The molecule has 1 aromatic heterocycles. The lowest BCUT2D eigenvalue weighted by molar-refractivity contribution is 0.121. The molecule has 2 fully saturated rings. The van der Waals surface area contributed by atoms with Gasteiger partial charge in [0, 0.05) is 12.0 Å². The zero-order valence-electron chi connectivity index (χ0n) is 16.7. The molecule has 29 heavy (non-hydrogen) atoms. The van der Waals surface area contributed by atoms with E-state index >= 15 is 0 Å². The van der Waals surface area contributed by atoms with Crippen molar-refractivity contribution in [1.82, 2.24) is 15.1 Å². The number of ether oxygens (including phenoxy) is 1. The summed E-state index contributed by atoms with van der Waals surface area (Å²) in [6, 6.07) is 5.59. The van der Waals surface area contributed by atoms with Gasteiger partial charge in [-0.3, -0.25) is 0 Å². The van der Waals surface area contributed by atoms with E-state index in [1.165, 1.54) is 18.2 Å². The lowest BCUT2D eigenvalue weighted by Crippen LogP contribution is -2.47. The van der Waals surface area contributed by atoms with Crippen molar-refractivity contribution < 1.29 is 18.3 Å². The van der Waals surface area contributed by atoms with Gasteiger partial charge in [0.1, 0.15) is 17.7 Å². The minimum atomic E-state index is -0.648. The van der Waals surface area contributed by atoms with E-state index in [0.29, 0.717) is 13.1 Å². The van der Waals surface area contributed by atoms with Crippen molar-refractivity contribution in [3.63, 3.8) is 0 Å². The van der Waals surface area contributed by atoms with Crippen LogP contribution >= 0.6 is 0 Å². The second-order valence-electron chi connectivity index (χ2n) is 9.10. The highest BCUT2D eigenvalue weighted by atomic mass is 19.1. The predicted molar refractivity (Wildman–Crippen MR) is 102 cm³/mol. The van der Waals surface area contributed by atoms with Crippen molar-refractivity contribution in [3.8, 4) is 11.3 Å². The minimum absolute atomic E-state index is 0.127. The van der Waals surface area contributed by atoms with E-state index in [9.17, 15) is 13.6 Å². The van der Waals surface area contributed by atoms with Gasteiger partial charge < -0.3 is 9.64 Å². The van der Waals surface area contributed by atoms with Crippen LogP contribution in [-0.4, -0.2) is 40.4 Å². The third kappa shape index (κ3) is 2.39. The summed E-state index contributed by atoms with van der Waals surface area (Å²) in [5.41, 5.74) is 1.43. The fraction of sp³-hybridized carbons (Fsp3) is 0.500. The van der Waals surface area contributed by atoms with E-state index in [1.807, 2.05) is 6.92 Å². The molecule has 152 valence electrons. The molecule has 2 heterocycles. The second kappa shape index (κ2) is 5.97. The molecule has 0 spiro atoms. The molecule has 1 amide bonds. The van der Waals surface area contributed by atoms with Gasteiger partial charge in [0.2, 0.25) is 0 Å². The van der Waals surface area contributed by atoms with E-state index in [4.69, 9.17) is 4.74 Å². The first kappa shape index (κ1) is 18.5. The van der Waals surface area contributed by atoms with Crippen molar-refractivity contribution in [2.45, 2.75) is 51.0 Å². The average Bonchev–Trinajstić information content (AvgIpc) is 3.17. The van der Waals surface area contributed by atoms with Crippen molar-refractivity contribution in [1.29, 1.82) is 0 Å². The van der Waals surface area contributed by atoms with Gasteiger partial charge in [-0.15, -0.1) is 0 Å². The van der Waals surface area contributed by atoms with Crippen LogP contribution < -0.4 is 0 Å². The zero-order valence-corrected chi connectivity index (χ0v) is 16.7. The van der Waals surface area contributed by atoms with E-state index in [2.05, 4.69) is 24.0 Å². The molecule has 2 bridgehead atoms. The fourth-order valence-corrected chi connectivity index (χ4v) is 5.76. The van der Waals surface area contributed by atoms with Crippen LogP contribution in [0.15, 0.2) is 24.3 Å². The molecule has 7 heteroatoms. The number of rotatable bonds is 3. The number of hydrogen-bond donors (Lipinski definition) is 0. The van der Waals surface area contributed by atoms with Crippen LogP contribution in [0.1, 0.15) is 50.8 Å². The Hall–Kier alpha value is -2.57. The average molecular weight is 399 g/mol. The van der Waals surface area contributed by atoms with Gasteiger partial charge in [-0.25, -0.2) is 13.6 Å². The van der Waals surface area contributed by atoms with Crippen LogP contribution in [0.2, 0.25) is 0 Å². The third-order valence-electron chi connectivity index (χ3n) is 7.33. The largest absolute Gasteiger partial charge is 0.445 e. The number of halogens is 2. The van der Waals surface area contributed by atoms with E-state index < -0.39 is 11.6 Å². The van der Waals surface area contributed by atoms with Gasteiger partial charge >= 0.3 is 6.09 Å². The quantitative estimate of drug-likeness (QED) is 0.767. The van der Waals surface area contributed by atoms with Crippen LogP contribution in [-0.2, 0) is 10.2 Å². The Labute approximate surface area is 168 Å². The number of hydrogen-bond acceptors (Lipinski definition) is 4. The standard InChI is InChI=1S/C22H23F2N3O2/c1-12-10-27(20(28)29-12)11-22-8-7-14(21(22,2)3)13-9-17(25-26-19(13)22)18-15(23)5-4-6-16(18)24/h4-6,9,12,14H,7-8,10-11H2,1-3H3/t12-,14-,22?/m0/s1. The maximum absolute atomic E-state index is 14.3. The van der Waals surface area contributed by atoms with E-state index in [-0.39, 0.29) is 40.2 Å². The summed E-state index contributed by atoms with van der Waals surface area (Å²) in [6.07, 6.45) is 1.43. The summed E-state index contributed by atoms with van der Waals surface area (Å²) < 4.78 is 33.9. The first-order valence-electron chi connectivity index (χ1n) is 10.0. The molecule has 1 aromatic carbocycles. The van der Waals surface area contributed by atoms with Gasteiger partial charge in [-0.1, -0.05) is 19.9 Å². The molecule has 5 nitrogen and oxygen atoms in total. The maximum atomic E-state index is 14.3. The number of carbonyl (C=O) groups excluding carboxylic acids is 1. The van der Waals surface area contributed by atoms with Crippen molar-refractivity contribution >= 4 is 6.09 Å². The van der Waals surface area contributed by atoms with Gasteiger partial charge in [0.05, 0.1) is 23.5 Å². The summed E-state index contributed by atoms with van der Waals surface area (Å²) in [5, 5.41) is 8.71. The first-order valence-corrected chi connectivity index (χ1v) is 10.0. The van der Waals surface area contributed by atoms with Crippen LogP contribution in [0.25, 0.3) is 11.3 Å². The molecule has 1 aliphatic heterocycles. The van der Waals surface area contributed by atoms with Gasteiger partial charge in [-0.2, -0.15) is 10.2 Å². The Morgan fingerprint density at radius 3 is 2.62 bits per heavy atom. The minimum Gasteiger partial charge on any atom is -0.445 e. The third-order valence-corrected chi connectivity index (χ3v) is 7.33. The number of cyclic esters (lactones) is 1. The van der Waals surface area contributed by atoms with E-state index in [1.54, 1.807) is 11.0 Å². The smallest absolute Gasteiger partial charge is 0.410 e. The summed E-state index contributed by atoms with van der Waals surface area (Å²) >= 11 is 0. The number of carbonyl (C=O) groups is 1. The topological polar surface area (TPSA) is 55.3 Å². The Morgan fingerprint density at radius 1 is 1.24 bits per heavy atom. The van der Waals surface area contributed by atoms with Crippen molar-refractivity contribution in [3.05, 3.63) is 47.2 Å². The van der Waals surface area contributed by atoms with Crippen molar-refractivity contribution in [2.75, 3.05) is 13.1 Å².